The summed E-state index contributed by atoms with van der Waals surface area (Å²) in [4.78, 5) is 2.57. The molecule has 76 heavy (non-hydrogen) atoms. The molecule has 376 valence electrons. The molecule has 0 aliphatic carbocycles. The van der Waals surface area contributed by atoms with E-state index in [1.807, 2.05) is 0 Å². The zero-order valence-electron chi connectivity index (χ0n) is 46.5. The van der Waals surface area contributed by atoms with E-state index >= 15 is 0 Å². The summed E-state index contributed by atoms with van der Waals surface area (Å²) in [5.41, 5.74) is 19.6. The number of hydrogen-bond acceptors (Lipinski definition) is 1. The lowest BCUT2D eigenvalue weighted by atomic mass is 9.78. The molecule has 0 amide bonds. The van der Waals surface area contributed by atoms with Crippen LogP contribution in [-0.4, -0.2) is 4.57 Å². The van der Waals surface area contributed by atoms with Gasteiger partial charge in [0.2, 0.25) is 0 Å². The molecule has 0 N–H and O–H groups in total. The molecule has 0 fully saturated rings. The summed E-state index contributed by atoms with van der Waals surface area (Å²) >= 11 is 0. The van der Waals surface area contributed by atoms with Gasteiger partial charge >= 0.3 is 0 Å². The molecule has 12 aromatic rings. The van der Waals surface area contributed by atoms with E-state index in [-0.39, 0.29) is 21.7 Å². The fraction of sp³-hybridized carbons (Fsp3) is 0.216. The first kappa shape index (κ1) is 49.0. The van der Waals surface area contributed by atoms with Crippen LogP contribution in [0.1, 0.15) is 105 Å². The Morgan fingerprint density at radius 2 is 0.684 bits per heavy atom. The average Bonchev–Trinajstić information content (AvgIpc) is 3.83. The average molecular weight is 987 g/mol. The van der Waals surface area contributed by atoms with E-state index in [4.69, 9.17) is 0 Å². The van der Waals surface area contributed by atoms with Crippen LogP contribution in [0.15, 0.2) is 206 Å². The van der Waals surface area contributed by atoms with Gasteiger partial charge in [-0.15, -0.1) is 0 Å². The van der Waals surface area contributed by atoms with Crippen molar-refractivity contribution in [2.45, 2.75) is 105 Å². The van der Waals surface area contributed by atoms with Crippen LogP contribution in [0.25, 0.3) is 93.2 Å². The van der Waals surface area contributed by atoms with E-state index < -0.39 is 0 Å². The van der Waals surface area contributed by atoms with Crippen LogP contribution in [0.5, 0.6) is 0 Å². The molecule has 0 aliphatic rings. The topological polar surface area (TPSA) is 8.17 Å². The van der Waals surface area contributed by atoms with Crippen molar-refractivity contribution in [2.75, 3.05) is 4.90 Å². The van der Waals surface area contributed by atoms with E-state index in [2.05, 4.69) is 299 Å². The van der Waals surface area contributed by atoms with Crippen molar-refractivity contribution < 1.29 is 0 Å². The molecule has 1 aromatic heterocycles. The predicted octanol–water partition coefficient (Wildman–Crippen LogP) is 21.3. The van der Waals surface area contributed by atoms with Gasteiger partial charge in [0.15, 0.2) is 0 Å². The van der Waals surface area contributed by atoms with Crippen LogP contribution in [0.3, 0.4) is 0 Å². The molecule has 0 spiro atoms. The van der Waals surface area contributed by atoms with Gasteiger partial charge < -0.3 is 9.47 Å². The Kier molecular flexibility index (Phi) is 11.5. The highest BCUT2D eigenvalue weighted by Gasteiger charge is 2.28. The summed E-state index contributed by atoms with van der Waals surface area (Å²) in [6.07, 6.45) is 0. The molecular weight excluding hydrogens is 917 g/mol. The third kappa shape index (κ3) is 8.44. The van der Waals surface area contributed by atoms with Gasteiger partial charge in [-0.2, -0.15) is 0 Å². The van der Waals surface area contributed by atoms with Gasteiger partial charge in [0, 0.05) is 32.7 Å². The molecule has 0 radical (unpaired) electrons. The molecule has 0 unspecified atom stereocenters. The van der Waals surface area contributed by atoms with E-state index in [0.29, 0.717) is 0 Å². The number of aromatic nitrogens is 1. The molecule has 0 saturated carbocycles. The maximum Gasteiger partial charge on any atom is 0.0541 e. The Morgan fingerprint density at radius 1 is 0.289 bits per heavy atom. The van der Waals surface area contributed by atoms with Crippen LogP contribution in [0, 0.1) is 0 Å². The van der Waals surface area contributed by atoms with E-state index in [1.54, 1.807) is 0 Å². The van der Waals surface area contributed by atoms with Crippen LogP contribution in [0.4, 0.5) is 17.1 Å². The third-order valence-corrected chi connectivity index (χ3v) is 16.1. The molecule has 1 heterocycles. The minimum absolute atomic E-state index is 0.0246. The number of para-hydroxylation sites is 4. The van der Waals surface area contributed by atoms with E-state index in [0.717, 1.165) is 17.1 Å². The molecule has 0 saturated heterocycles. The van der Waals surface area contributed by atoms with E-state index in [1.165, 1.54) is 115 Å². The van der Waals surface area contributed by atoms with Crippen molar-refractivity contribution in [1.82, 2.24) is 4.57 Å². The Bertz CT molecular complexity index is 4070. The molecule has 12 rings (SSSR count). The summed E-state index contributed by atoms with van der Waals surface area (Å²) < 4.78 is 2.48. The summed E-state index contributed by atoms with van der Waals surface area (Å²) in [6.45, 7) is 27.9. The molecule has 2 heteroatoms. The minimum Gasteiger partial charge on any atom is -0.309 e. The molecular formula is C74H70N2. The van der Waals surface area contributed by atoms with Gasteiger partial charge in [-0.3, -0.25) is 0 Å². The first-order chi connectivity index (χ1) is 36.2. The van der Waals surface area contributed by atoms with Crippen molar-refractivity contribution in [3.8, 4) is 39.1 Å². The van der Waals surface area contributed by atoms with Crippen molar-refractivity contribution in [1.29, 1.82) is 0 Å². The van der Waals surface area contributed by atoms with Crippen LogP contribution in [-0.2, 0) is 21.7 Å². The summed E-state index contributed by atoms with van der Waals surface area (Å²) in [6, 6.07) is 78.5. The second-order valence-electron chi connectivity index (χ2n) is 25.5. The maximum absolute atomic E-state index is 2.57. The zero-order valence-corrected chi connectivity index (χ0v) is 46.5. The first-order valence-electron chi connectivity index (χ1n) is 27.3. The molecule has 11 aromatic carbocycles. The fourth-order valence-corrected chi connectivity index (χ4v) is 11.7. The quantitative estimate of drug-likeness (QED) is 0.145. The van der Waals surface area contributed by atoms with Crippen molar-refractivity contribution in [2.24, 2.45) is 0 Å². The maximum atomic E-state index is 2.57. The van der Waals surface area contributed by atoms with Gasteiger partial charge in [0.1, 0.15) is 0 Å². The Labute approximate surface area is 450 Å². The smallest absolute Gasteiger partial charge is 0.0541 e. The van der Waals surface area contributed by atoms with Gasteiger partial charge in [-0.1, -0.05) is 253 Å². The lowest BCUT2D eigenvalue weighted by Gasteiger charge is -2.32. The second kappa shape index (κ2) is 17.8. The standard InChI is InChI=1S/C74H70N2/c1-71(2,3)53-41-51(42-54(45-53)72(4,5)6)47-29-31-48(32-30-47)57-21-13-17-25-63(57)75(64-26-18-14-22-58(64)52-43-55(73(7,8)9)46-56(44-52)74(10,11)12)67-39-35-49-34-38-62-68(40-36-50-33-37-61(67)69(49)70(50)62)76-65-27-19-15-23-59(65)60-24-16-20-28-66(60)76/h13-46H,1-12H3. The predicted molar refractivity (Wildman–Crippen MR) is 330 cm³/mol. The molecule has 2 nitrogen and oxygen atoms in total. The summed E-state index contributed by atoms with van der Waals surface area (Å²) in [5.74, 6) is 0. The summed E-state index contributed by atoms with van der Waals surface area (Å²) in [5, 5.41) is 10.00. The molecule has 0 bridgehead atoms. The van der Waals surface area contributed by atoms with Gasteiger partial charge in [-0.05, 0) is 124 Å². The number of benzene rings is 11. The van der Waals surface area contributed by atoms with Gasteiger partial charge in [0.05, 0.1) is 33.8 Å². The molecule has 0 atom stereocenters. The van der Waals surface area contributed by atoms with Gasteiger partial charge in [0.25, 0.3) is 0 Å². The second-order valence-corrected chi connectivity index (χ2v) is 25.5. The number of hydrogen-bond donors (Lipinski definition) is 0. The highest BCUT2D eigenvalue weighted by atomic mass is 15.1. The third-order valence-electron chi connectivity index (χ3n) is 16.1. The highest BCUT2D eigenvalue weighted by molar-refractivity contribution is 6.28. The monoisotopic (exact) mass is 987 g/mol. The Morgan fingerprint density at radius 3 is 1.20 bits per heavy atom. The highest BCUT2D eigenvalue weighted by Crippen LogP contribution is 2.50. The van der Waals surface area contributed by atoms with Crippen molar-refractivity contribution in [3.05, 3.63) is 229 Å². The summed E-state index contributed by atoms with van der Waals surface area (Å²) in [7, 11) is 0. The lowest BCUT2D eigenvalue weighted by molar-refractivity contribution is 0.568. The Balaban J connectivity index is 1.11. The van der Waals surface area contributed by atoms with Crippen molar-refractivity contribution >= 4 is 71.2 Å². The number of anilines is 3. The Hall–Kier alpha value is -7.94. The van der Waals surface area contributed by atoms with Crippen LogP contribution < -0.4 is 4.90 Å². The van der Waals surface area contributed by atoms with Gasteiger partial charge in [-0.25, -0.2) is 0 Å². The van der Waals surface area contributed by atoms with Crippen LogP contribution >= 0.6 is 0 Å². The largest absolute Gasteiger partial charge is 0.309 e. The minimum atomic E-state index is -0.0457. The number of nitrogens with zero attached hydrogens (tertiary/aromatic N) is 2. The normalized spacial score (nSPS) is 12.7. The SMILES string of the molecule is CC(C)(C)c1cc(-c2ccc(-c3ccccc3N(c3ccccc3-c3cc(C(C)(C)C)cc(C(C)(C)C)c3)c3ccc4ccc5c(-n6c7ccccc7c7ccccc76)ccc6ccc3c4c65)cc2)cc(C(C)(C)C)c1. The lowest BCUT2D eigenvalue weighted by Crippen LogP contribution is -2.17. The first-order valence-corrected chi connectivity index (χ1v) is 27.3. The fourth-order valence-electron chi connectivity index (χ4n) is 11.7. The zero-order chi connectivity index (χ0) is 53.1. The van der Waals surface area contributed by atoms with E-state index in [9.17, 15) is 0 Å². The number of rotatable bonds is 7. The van der Waals surface area contributed by atoms with Crippen molar-refractivity contribution in [3.63, 3.8) is 0 Å². The molecule has 0 aliphatic heterocycles. The number of fused-ring (bicyclic) bond motifs is 3. The van der Waals surface area contributed by atoms with Crippen LogP contribution in [0.2, 0.25) is 0 Å².